The van der Waals surface area contributed by atoms with Crippen molar-refractivity contribution in [1.29, 1.82) is 0 Å². The fraction of sp³-hybridized carbons (Fsp3) is 1.00. The second kappa shape index (κ2) is 9.70. The molecule has 4 nitrogen and oxygen atoms in total. The van der Waals surface area contributed by atoms with Gasteiger partial charge in [-0.05, 0) is 31.2 Å². The Morgan fingerprint density at radius 1 is 1.05 bits per heavy atom. The quantitative estimate of drug-likeness (QED) is 0.653. The zero-order valence-electron chi connectivity index (χ0n) is 13.0. The van der Waals surface area contributed by atoms with E-state index in [-0.39, 0.29) is 0 Å². The first kappa shape index (κ1) is 16.9. The van der Waals surface area contributed by atoms with Gasteiger partial charge in [0.1, 0.15) is 0 Å². The molecule has 1 aliphatic carbocycles. The first-order chi connectivity index (χ1) is 9.19. The third kappa shape index (κ3) is 6.21. The van der Waals surface area contributed by atoms with Crippen molar-refractivity contribution in [3.05, 3.63) is 0 Å². The first-order valence-corrected chi connectivity index (χ1v) is 7.60. The molecule has 1 rings (SSSR count). The maximum absolute atomic E-state index is 6.06. The van der Waals surface area contributed by atoms with Gasteiger partial charge < -0.3 is 19.5 Å². The summed E-state index contributed by atoms with van der Waals surface area (Å²) in [4.78, 5) is 0. The average Bonchev–Trinajstić information content (AvgIpc) is 2.36. The van der Waals surface area contributed by atoms with Crippen LogP contribution in [0.1, 0.15) is 33.6 Å². The number of hydrogen-bond acceptors (Lipinski definition) is 4. The topological polar surface area (TPSA) is 39.7 Å². The van der Waals surface area contributed by atoms with Gasteiger partial charge in [-0.15, -0.1) is 0 Å². The van der Waals surface area contributed by atoms with Crippen molar-refractivity contribution in [1.82, 2.24) is 5.32 Å². The molecule has 4 atom stereocenters. The minimum atomic E-state index is 0.321. The van der Waals surface area contributed by atoms with Crippen LogP contribution in [0.2, 0.25) is 0 Å². The van der Waals surface area contributed by atoms with E-state index in [1.807, 2.05) is 0 Å². The van der Waals surface area contributed by atoms with Gasteiger partial charge >= 0.3 is 0 Å². The van der Waals surface area contributed by atoms with E-state index < -0.39 is 0 Å². The third-order valence-electron chi connectivity index (χ3n) is 3.82. The van der Waals surface area contributed by atoms with Crippen LogP contribution < -0.4 is 5.32 Å². The minimum Gasteiger partial charge on any atom is -0.382 e. The van der Waals surface area contributed by atoms with Gasteiger partial charge in [-0.1, -0.05) is 20.8 Å². The molecular weight excluding hydrogens is 242 g/mol. The van der Waals surface area contributed by atoms with E-state index >= 15 is 0 Å². The van der Waals surface area contributed by atoms with Crippen molar-refractivity contribution in [2.24, 2.45) is 11.8 Å². The second-order valence-corrected chi connectivity index (χ2v) is 5.66. The highest BCUT2D eigenvalue weighted by atomic mass is 16.5. The standard InChI is InChI=1S/C15H31NO3/c1-5-16-14-11-12(2)10-13(3)15(14)19-9-8-18-7-6-17-4/h12-16H,5-11H2,1-4H3. The van der Waals surface area contributed by atoms with Crippen LogP contribution in [0.25, 0.3) is 0 Å². The second-order valence-electron chi connectivity index (χ2n) is 5.66. The molecule has 0 aromatic carbocycles. The molecule has 1 aliphatic rings. The van der Waals surface area contributed by atoms with Crippen molar-refractivity contribution in [2.75, 3.05) is 40.1 Å². The van der Waals surface area contributed by atoms with Gasteiger partial charge in [0.25, 0.3) is 0 Å². The van der Waals surface area contributed by atoms with E-state index in [9.17, 15) is 0 Å². The van der Waals surface area contributed by atoms with Gasteiger partial charge in [-0.2, -0.15) is 0 Å². The Balaban J connectivity index is 2.27. The molecule has 1 fully saturated rings. The summed E-state index contributed by atoms with van der Waals surface area (Å²) in [6.07, 6.45) is 2.80. The summed E-state index contributed by atoms with van der Waals surface area (Å²) in [6.45, 7) is 10.4. The fourth-order valence-corrected chi connectivity index (χ4v) is 3.06. The van der Waals surface area contributed by atoms with Crippen LogP contribution in [0.5, 0.6) is 0 Å². The van der Waals surface area contributed by atoms with Gasteiger partial charge in [-0.25, -0.2) is 0 Å². The molecule has 0 amide bonds. The molecule has 0 aromatic rings. The van der Waals surface area contributed by atoms with Crippen LogP contribution >= 0.6 is 0 Å². The summed E-state index contributed by atoms with van der Waals surface area (Å²) in [7, 11) is 1.69. The number of methoxy groups -OCH3 is 1. The van der Waals surface area contributed by atoms with Crippen LogP contribution in [0.3, 0.4) is 0 Å². The number of hydrogen-bond donors (Lipinski definition) is 1. The molecular formula is C15H31NO3. The molecule has 1 saturated carbocycles. The summed E-state index contributed by atoms with van der Waals surface area (Å²) in [5.41, 5.74) is 0. The minimum absolute atomic E-state index is 0.321. The maximum Gasteiger partial charge on any atom is 0.0754 e. The highest BCUT2D eigenvalue weighted by molar-refractivity contribution is 4.88. The van der Waals surface area contributed by atoms with Crippen LogP contribution in [0.15, 0.2) is 0 Å². The number of nitrogens with one attached hydrogen (secondary N) is 1. The predicted octanol–water partition coefficient (Wildman–Crippen LogP) is 2.08. The van der Waals surface area contributed by atoms with E-state index in [2.05, 4.69) is 26.1 Å². The number of ether oxygens (including phenoxy) is 3. The molecule has 0 aromatic heterocycles. The average molecular weight is 273 g/mol. The Hall–Kier alpha value is -0.160. The highest BCUT2D eigenvalue weighted by Crippen LogP contribution is 2.31. The Morgan fingerprint density at radius 3 is 2.47 bits per heavy atom. The smallest absolute Gasteiger partial charge is 0.0754 e. The first-order valence-electron chi connectivity index (χ1n) is 7.60. The Bertz CT molecular complexity index is 225. The predicted molar refractivity (Wildman–Crippen MR) is 77.5 cm³/mol. The van der Waals surface area contributed by atoms with Crippen LogP contribution in [-0.4, -0.2) is 52.2 Å². The van der Waals surface area contributed by atoms with Gasteiger partial charge in [0.15, 0.2) is 0 Å². The molecule has 0 aliphatic heterocycles. The summed E-state index contributed by atoms with van der Waals surface area (Å²) in [6, 6.07) is 0.489. The molecule has 0 saturated heterocycles. The molecule has 114 valence electrons. The van der Waals surface area contributed by atoms with Crippen molar-refractivity contribution in [3.63, 3.8) is 0 Å². The molecule has 0 radical (unpaired) electrons. The zero-order chi connectivity index (χ0) is 14.1. The summed E-state index contributed by atoms with van der Waals surface area (Å²) < 4.78 is 16.4. The molecule has 1 N–H and O–H groups in total. The van der Waals surface area contributed by atoms with Gasteiger partial charge in [-0.3, -0.25) is 0 Å². The molecule has 4 unspecified atom stereocenters. The van der Waals surface area contributed by atoms with Crippen molar-refractivity contribution >= 4 is 0 Å². The zero-order valence-corrected chi connectivity index (χ0v) is 13.0. The number of likely N-dealkylation sites (N-methyl/N-ethyl adjacent to an activating group) is 1. The largest absolute Gasteiger partial charge is 0.382 e. The van der Waals surface area contributed by atoms with Crippen molar-refractivity contribution in [3.8, 4) is 0 Å². The van der Waals surface area contributed by atoms with Crippen LogP contribution in [-0.2, 0) is 14.2 Å². The Labute approximate surface area is 118 Å². The van der Waals surface area contributed by atoms with E-state index in [4.69, 9.17) is 14.2 Å². The van der Waals surface area contributed by atoms with Gasteiger partial charge in [0, 0.05) is 13.2 Å². The van der Waals surface area contributed by atoms with Gasteiger partial charge in [0.2, 0.25) is 0 Å². The van der Waals surface area contributed by atoms with E-state index in [0.717, 1.165) is 12.5 Å². The molecule has 4 heteroatoms. The van der Waals surface area contributed by atoms with Crippen LogP contribution in [0.4, 0.5) is 0 Å². The molecule has 0 heterocycles. The van der Waals surface area contributed by atoms with Crippen LogP contribution in [0, 0.1) is 11.8 Å². The van der Waals surface area contributed by atoms with E-state index in [0.29, 0.717) is 44.5 Å². The Kier molecular flexibility index (Phi) is 8.62. The normalized spacial score (nSPS) is 31.6. The molecule has 0 spiro atoms. The van der Waals surface area contributed by atoms with Gasteiger partial charge in [0.05, 0.1) is 32.5 Å². The lowest BCUT2D eigenvalue weighted by Gasteiger charge is -2.39. The summed E-state index contributed by atoms with van der Waals surface area (Å²) in [5.74, 6) is 1.41. The lowest BCUT2D eigenvalue weighted by atomic mass is 9.78. The lowest BCUT2D eigenvalue weighted by molar-refractivity contribution is -0.0605. The Morgan fingerprint density at radius 2 is 1.79 bits per heavy atom. The fourth-order valence-electron chi connectivity index (χ4n) is 3.06. The monoisotopic (exact) mass is 273 g/mol. The van der Waals surface area contributed by atoms with E-state index in [1.54, 1.807) is 7.11 Å². The SMILES string of the molecule is CCNC1CC(C)CC(C)C1OCCOCCOC. The number of rotatable bonds is 9. The van der Waals surface area contributed by atoms with Crippen molar-refractivity contribution < 1.29 is 14.2 Å². The highest BCUT2D eigenvalue weighted by Gasteiger charge is 2.33. The molecule has 0 bridgehead atoms. The molecule has 19 heavy (non-hydrogen) atoms. The summed E-state index contributed by atoms with van der Waals surface area (Å²) >= 11 is 0. The maximum atomic E-state index is 6.06. The summed E-state index contributed by atoms with van der Waals surface area (Å²) in [5, 5.41) is 3.57. The van der Waals surface area contributed by atoms with E-state index in [1.165, 1.54) is 12.8 Å². The lowest BCUT2D eigenvalue weighted by Crippen LogP contribution is -2.49. The third-order valence-corrected chi connectivity index (χ3v) is 3.82. The van der Waals surface area contributed by atoms with Crippen molar-refractivity contribution in [2.45, 2.75) is 45.8 Å².